The summed E-state index contributed by atoms with van der Waals surface area (Å²) in [4.78, 5) is 7.20. The van der Waals surface area contributed by atoms with Crippen molar-refractivity contribution in [1.82, 2.24) is 10.3 Å². The molecule has 3 nitrogen and oxygen atoms in total. The molecule has 0 radical (unpaired) electrons. The van der Waals surface area contributed by atoms with Crippen molar-refractivity contribution in [3.05, 3.63) is 22.3 Å². The van der Waals surface area contributed by atoms with Gasteiger partial charge in [0.25, 0.3) is 0 Å². The first-order valence-corrected chi connectivity index (χ1v) is 8.00. The maximum Gasteiger partial charge on any atom is 0.129 e. The Bertz CT molecular complexity index is 420. The number of piperidine rings is 1. The van der Waals surface area contributed by atoms with Gasteiger partial charge in [0, 0.05) is 29.6 Å². The molecule has 1 fully saturated rings. The fraction of sp³-hybridized carbons (Fsp3) is 0.667. The quantitative estimate of drug-likeness (QED) is 0.918. The number of anilines is 1. The summed E-state index contributed by atoms with van der Waals surface area (Å²) in [5.41, 5.74) is 1.07. The molecule has 0 saturated carbocycles. The Balaban J connectivity index is 2.11. The van der Waals surface area contributed by atoms with E-state index in [4.69, 9.17) is 4.98 Å². The van der Waals surface area contributed by atoms with Gasteiger partial charge < -0.3 is 10.2 Å². The van der Waals surface area contributed by atoms with Crippen LogP contribution < -0.4 is 10.2 Å². The molecule has 1 atom stereocenters. The van der Waals surface area contributed by atoms with Crippen LogP contribution >= 0.6 is 15.9 Å². The molecule has 106 valence electrons. The molecule has 1 unspecified atom stereocenters. The molecule has 1 aromatic rings. The molecule has 0 aliphatic carbocycles. The molecular weight excluding hydrogens is 302 g/mol. The number of nitrogens with one attached hydrogen (secondary N) is 1. The number of halogens is 1. The highest BCUT2D eigenvalue weighted by atomic mass is 79.9. The van der Waals surface area contributed by atoms with Crippen LogP contribution in [0, 0.1) is 6.92 Å². The summed E-state index contributed by atoms with van der Waals surface area (Å²) >= 11 is 3.52. The molecule has 1 N–H and O–H groups in total. The van der Waals surface area contributed by atoms with Crippen LogP contribution in [0.5, 0.6) is 0 Å². The van der Waals surface area contributed by atoms with Crippen LogP contribution in [0.4, 0.5) is 5.82 Å². The van der Waals surface area contributed by atoms with Gasteiger partial charge >= 0.3 is 0 Å². The Morgan fingerprint density at radius 1 is 1.42 bits per heavy atom. The Labute approximate surface area is 124 Å². The maximum absolute atomic E-state index is 4.73. The number of aryl methyl sites for hydroxylation is 1. The zero-order chi connectivity index (χ0) is 13.8. The summed E-state index contributed by atoms with van der Waals surface area (Å²) in [5.74, 6) is 1.12. The third-order valence-corrected chi connectivity index (χ3v) is 4.53. The normalized spacial score (nSPS) is 20.1. The van der Waals surface area contributed by atoms with Gasteiger partial charge in [-0.1, -0.05) is 13.8 Å². The van der Waals surface area contributed by atoms with Crippen molar-refractivity contribution in [2.24, 2.45) is 0 Å². The Morgan fingerprint density at radius 3 is 2.89 bits per heavy atom. The van der Waals surface area contributed by atoms with Gasteiger partial charge in [-0.25, -0.2) is 4.98 Å². The number of rotatable bonds is 4. The van der Waals surface area contributed by atoms with E-state index in [-0.39, 0.29) is 0 Å². The lowest BCUT2D eigenvalue weighted by molar-refractivity contribution is 0.418. The van der Waals surface area contributed by atoms with Crippen molar-refractivity contribution in [3.63, 3.8) is 0 Å². The Hall–Kier alpha value is -0.610. The van der Waals surface area contributed by atoms with E-state index >= 15 is 0 Å². The number of pyridine rings is 1. The van der Waals surface area contributed by atoms with Crippen molar-refractivity contribution >= 4 is 21.7 Å². The van der Waals surface area contributed by atoms with Crippen LogP contribution in [0.25, 0.3) is 0 Å². The zero-order valence-corrected chi connectivity index (χ0v) is 13.7. The lowest BCUT2D eigenvalue weighted by Crippen LogP contribution is -2.47. The molecule has 0 amide bonds. The highest BCUT2D eigenvalue weighted by Gasteiger charge is 2.23. The maximum atomic E-state index is 4.73. The van der Waals surface area contributed by atoms with Crippen LogP contribution in [0.1, 0.15) is 38.8 Å². The first-order chi connectivity index (χ1) is 9.08. The molecule has 0 spiro atoms. The van der Waals surface area contributed by atoms with Gasteiger partial charge in [-0.15, -0.1) is 0 Å². The second kappa shape index (κ2) is 6.71. The number of hydrogen-bond donors (Lipinski definition) is 1. The average Bonchev–Trinajstić information content (AvgIpc) is 2.40. The second-order valence-corrected chi connectivity index (χ2v) is 6.50. The zero-order valence-electron chi connectivity index (χ0n) is 12.1. The average molecular weight is 326 g/mol. The van der Waals surface area contributed by atoms with Gasteiger partial charge in [-0.3, -0.25) is 0 Å². The van der Waals surface area contributed by atoms with Gasteiger partial charge in [-0.05, 0) is 54.2 Å². The van der Waals surface area contributed by atoms with Crippen molar-refractivity contribution in [2.45, 2.75) is 52.1 Å². The van der Waals surface area contributed by atoms with E-state index < -0.39 is 0 Å². The van der Waals surface area contributed by atoms with Gasteiger partial charge in [0.2, 0.25) is 0 Å². The lowest BCUT2D eigenvalue weighted by atomic mass is 10.0. The first-order valence-electron chi connectivity index (χ1n) is 7.21. The highest BCUT2D eigenvalue weighted by molar-refractivity contribution is 9.10. The van der Waals surface area contributed by atoms with E-state index in [2.05, 4.69) is 59.1 Å². The minimum atomic E-state index is 0.545. The lowest BCUT2D eigenvalue weighted by Gasteiger charge is -2.37. The predicted octanol–water partition coefficient (Wildman–Crippen LogP) is 3.51. The van der Waals surface area contributed by atoms with E-state index in [1.165, 1.54) is 19.3 Å². The van der Waals surface area contributed by atoms with Crippen molar-refractivity contribution < 1.29 is 0 Å². The molecule has 0 aromatic carbocycles. The molecule has 1 aromatic heterocycles. The second-order valence-electron chi connectivity index (χ2n) is 5.64. The summed E-state index contributed by atoms with van der Waals surface area (Å²) < 4.78 is 1.09. The van der Waals surface area contributed by atoms with Crippen LogP contribution in [-0.4, -0.2) is 30.2 Å². The Kier molecular flexibility index (Phi) is 5.22. The van der Waals surface area contributed by atoms with Crippen molar-refractivity contribution in [3.8, 4) is 0 Å². The Morgan fingerprint density at radius 2 is 2.21 bits per heavy atom. The third-order valence-electron chi connectivity index (χ3n) is 3.69. The van der Waals surface area contributed by atoms with Crippen LogP contribution in [0.15, 0.2) is 16.6 Å². The van der Waals surface area contributed by atoms with Gasteiger partial charge in [0.05, 0.1) is 5.69 Å². The molecule has 1 aliphatic rings. The minimum absolute atomic E-state index is 0.545. The SMILES string of the molecule is Cc1nc(N2CCCCC2CNC(C)C)ccc1Br. The van der Waals surface area contributed by atoms with E-state index in [1.54, 1.807) is 0 Å². The molecule has 1 aliphatic heterocycles. The van der Waals surface area contributed by atoms with E-state index in [0.29, 0.717) is 12.1 Å². The summed E-state index contributed by atoms with van der Waals surface area (Å²) in [6, 6.07) is 5.36. The topological polar surface area (TPSA) is 28.2 Å². The molecule has 19 heavy (non-hydrogen) atoms. The molecule has 1 saturated heterocycles. The monoisotopic (exact) mass is 325 g/mol. The standard InChI is InChI=1S/C15H24BrN3/c1-11(2)17-10-13-6-4-5-9-19(13)15-8-7-14(16)12(3)18-15/h7-8,11,13,17H,4-6,9-10H2,1-3H3. The smallest absolute Gasteiger partial charge is 0.129 e. The van der Waals surface area contributed by atoms with Crippen LogP contribution in [0.3, 0.4) is 0 Å². The number of hydrogen-bond acceptors (Lipinski definition) is 3. The molecule has 2 rings (SSSR count). The summed E-state index contributed by atoms with van der Waals surface area (Å²) in [5, 5.41) is 3.56. The van der Waals surface area contributed by atoms with Crippen molar-refractivity contribution in [2.75, 3.05) is 18.0 Å². The molecule has 0 bridgehead atoms. The fourth-order valence-corrected chi connectivity index (χ4v) is 2.80. The summed E-state index contributed by atoms with van der Waals surface area (Å²) in [6.07, 6.45) is 3.86. The fourth-order valence-electron chi connectivity index (χ4n) is 2.58. The van der Waals surface area contributed by atoms with Crippen LogP contribution in [-0.2, 0) is 0 Å². The van der Waals surface area contributed by atoms with E-state index in [1.807, 2.05) is 0 Å². The summed E-state index contributed by atoms with van der Waals surface area (Å²) in [7, 11) is 0. The molecule has 2 heterocycles. The highest BCUT2D eigenvalue weighted by Crippen LogP contribution is 2.25. The van der Waals surface area contributed by atoms with Gasteiger partial charge in [-0.2, -0.15) is 0 Å². The molecular formula is C15H24BrN3. The first kappa shape index (κ1) is 14.8. The predicted molar refractivity (Wildman–Crippen MR) is 84.8 cm³/mol. The van der Waals surface area contributed by atoms with Gasteiger partial charge in [0.15, 0.2) is 0 Å². The molecule has 4 heteroatoms. The number of aromatic nitrogens is 1. The third kappa shape index (κ3) is 3.93. The minimum Gasteiger partial charge on any atom is -0.352 e. The van der Waals surface area contributed by atoms with Gasteiger partial charge in [0.1, 0.15) is 5.82 Å². The largest absolute Gasteiger partial charge is 0.352 e. The van der Waals surface area contributed by atoms with E-state index in [0.717, 1.165) is 29.1 Å². The van der Waals surface area contributed by atoms with E-state index in [9.17, 15) is 0 Å². The van der Waals surface area contributed by atoms with Crippen LogP contribution in [0.2, 0.25) is 0 Å². The number of nitrogens with zero attached hydrogens (tertiary/aromatic N) is 2. The van der Waals surface area contributed by atoms with Crippen molar-refractivity contribution in [1.29, 1.82) is 0 Å². The summed E-state index contributed by atoms with van der Waals surface area (Å²) in [6.45, 7) is 8.64.